The monoisotopic (exact) mass is 267 g/mol. The van der Waals surface area contributed by atoms with Gasteiger partial charge in [0.25, 0.3) is 0 Å². The average molecular weight is 267 g/mol. The van der Waals surface area contributed by atoms with Gasteiger partial charge >= 0.3 is 0 Å². The molecule has 0 aliphatic rings. The lowest BCUT2D eigenvalue weighted by molar-refractivity contribution is 0.215. The number of aromatic nitrogens is 3. The zero-order valence-electron chi connectivity index (χ0n) is 10.9. The molecule has 0 saturated carbocycles. The third kappa shape index (κ3) is 2.19. The summed E-state index contributed by atoms with van der Waals surface area (Å²) in [6, 6.07) is 11.0. The van der Waals surface area contributed by atoms with Crippen molar-refractivity contribution in [1.29, 1.82) is 0 Å². The van der Waals surface area contributed by atoms with Crippen LogP contribution in [0, 0.1) is 0 Å². The summed E-state index contributed by atoms with van der Waals surface area (Å²) in [7, 11) is 1.53. The predicted octanol–water partition coefficient (Wildman–Crippen LogP) is 2.12. The van der Waals surface area contributed by atoms with Crippen molar-refractivity contribution in [3.63, 3.8) is 0 Å². The Labute approximate surface area is 115 Å². The quantitative estimate of drug-likeness (QED) is 0.787. The van der Waals surface area contributed by atoms with Gasteiger partial charge in [-0.2, -0.15) is 0 Å². The molecule has 5 heteroatoms. The number of methoxy groups -OCH3 is 1. The molecule has 1 N–H and O–H groups in total. The van der Waals surface area contributed by atoms with Crippen molar-refractivity contribution in [2.45, 2.75) is 6.10 Å². The van der Waals surface area contributed by atoms with E-state index in [2.05, 4.69) is 15.2 Å². The van der Waals surface area contributed by atoms with Gasteiger partial charge in [0.2, 0.25) is 5.88 Å². The molecule has 0 aliphatic carbocycles. The van der Waals surface area contributed by atoms with Crippen LogP contribution < -0.4 is 4.74 Å². The van der Waals surface area contributed by atoms with Crippen LogP contribution in [0.25, 0.3) is 10.8 Å². The normalized spacial score (nSPS) is 12.3. The van der Waals surface area contributed by atoms with E-state index in [1.54, 1.807) is 24.5 Å². The molecule has 2 heterocycles. The van der Waals surface area contributed by atoms with Crippen molar-refractivity contribution in [2.24, 2.45) is 0 Å². The van der Waals surface area contributed by atoms with E-state index in [-0.39, 0.29) is 0 Å². The van der Waals surface area contributed by atoms with Gasteiger partial charge in [0, 0.05) is 23.8 Å². The molecule has 3 rings (SSSR count). The fraction of sp³-hybridized carbons (Fsp3) is 0.133. The molecule has 20 heavy (non-hydrogen) atoms. The third-order valence-electron chi connectivity index (χ3n) is 3.16. The first-order chi connectivity index (χ1) is 9.79. The minimum absolute atomic E-state index is 0.420. The summed E-state index contributed by atoms with van der Waals surface area (Å²) in [6.45, 7) is 0. The molecular weight excluding hydrogens is 254 g/mol. The second kappa shape index (κ2) is 5.22. The highest BCUT2D eigenvalue weighted by molar-refractivity contribution is 5.85. The molecule has 0 bridgehead atoms. The Morgan fingerprint density at radius 3 is 2.75 bits per heavy atom. The number of benzene rings is 1. The van der Waals surface area contributed by atoms with E-state index in [0.717, 1.165) is 16.3 Å². The van der Waals surface area contributed by atoms with E-state index in [0.29, 0.717) is 11.6 Å². The van der Waals surface area contributed by atoms with E-state index in [1.165, 1.54) is 7.11 Å². The van der Waals surface area contributed by atoms with Crippen molar-refractivity contribution >= 4 is 10.8 Å². The van der Waals surface area contributed by atoms with Crippen LogP contribution in [0.4, 0.5) is 0 Å². The van der Waals surface area contributed by atoms with E-state index >= 15 is 0 Å². The molecular formula is C15H13N3O2. The Bertz CT molecular complexity index is 723. The zero-order chi connectivity index (χ0) is 13.9. The first-order valence-corrected chi connectivity index (χ1v) is 6.18. The van der Waals surface area contributed by atoms with Gasteiger partial charge in [0.15, 0.2) is 0 Å². The highest BCUT2D eigenvalue weighted by Gasteiger charge is 2.15. The summed E-state index contributed by atoms with van der Waals surface area (Å²) in [5.41, 5.74) is 1.26. The van der Waals surface area contributed by atoms with Gasteiger partial charge < -0.3 is 9.84 Å². The molecule has 0 fully saturated rings. The number of nitrogens with zero attached hydrogens (tertiary/aromatic N) is 3. The summed E-state index contributed by atoms with van der Waals surface area (Å²) in [4.78, 5) is 4.08. The first kappa shape index (κ1) is 12.5. The molecule has 0 saturated heterocycles. The van der Waals surface area contributed by atoms with Crippen molar-refractivity contribution < 1.29 is 9.84 Å². The lowest BCUT2D eigenvalue weighted by Gasteiger charge is -2.12. The summed E-state index contributed by atoms with van der Waals surface area (Å²) < 4.78 is 4.96. The number of aliphatic hydroxyl groups excluding tert-OH is 1. The lowest BCUT2D eigenvalue weighted by Crippen LogP contribution is -2.05. The average Bonchev–Trinajstić information content (AvgIpc) is 2.54. The number of hydrogen-bond acceptors (Lipinski definition) is 5. The summed E-state index contributed by atoms with van der Waals surface area (Å²) in [6.07, 6.45) is 2.64. The van der Waals surface area contributed by atoms with Gasteiger partial charge in [-0.25, -0.2) is 0 Å². The number of ether oxygens (including phenoxy) is 1. The van der Waals surface area contributed by atoms with Crippen LogP contribution in [0.2, 0.25) is 0 Å². The van der Waals surface area contributed by atoms with Crippen molar-refractivity contribution in [3.8, 4) is 5.88 Å². The largest absolute Gasteiger partial charge is 0.480 e. The molecule has 1 unspecified atom stereocenters. The molecule has 100 valence electrons. The van der Waals surface area contributed by atoms with E-state index in [4.69, 9.17) is 4.74 Å². The standard InChI is InChI=1S/C15H13N3O2/c1-20-14-6-5-13(17-18-14)15(19)12-4-2-3-10-9-16-8-7-11(10)12/h2-9,15,19H,1H3. The van der Waals surface area contributed by atoms with Gasteiger partial charge in [-0.1, -0.05) is 18.2 Å². The number of aliphatic hydroxyl groups is 1. The fourth-order valence-corrected chi connectivity index (χ4v) is 2.13. The van der Waals surface area contributed by atoms with Gasteiger partial charge in [0.05, 0.1) is 12.8 Å². The molecule has 0 amide bonds. The van der Waals surface area contributed by atoms with Crippen LogP contribution >= 0.6 is 0 Å². The van der Waals surface area contributed by atoms with Crippen LogP contribution in [0.3, 0.4) is 0 Å². The highest BCUT2D eigenvalue weighted by atomic mass is 16.5. The lowest BCUT2D eigenvalue weighted by atomic mass is 10.00. The minimum atomic E-state index is -0.834. The van der Waals surface area contributed by atoms with Crippen LogP contribution in [0.15, 0.2) is 48.8 Å². The summed E-state index contributed by atoms with van der Waals surface area (Å²) in [5.74, 6) is 0.420. The van der Waals surface area contributed by atoms with Crippen molar-refractivity contribution in [1.82, 2.24) is 15.2 Å². The van der Waals surface area contributed by atoms with Gasteiger partial charge in [-0.15, -0.1) is 10.2 Å². The SMILES string of the molecule is COc1ccc(C(O)c2cccc3cnccc23)nn1. The van der Waals surface area contributed by atoms with E-state index < -0.39 is 6.10 Å². The molecule has 5 nitrogen and oxygen atoms in total. The zero-order valence-corrected chi connectivity index (χ0v) is 10.9. The number of hydrogen-bond donors (Lipinski definition) is 1. The second-order valence-electron chi connectivity index (χ2n) is 4.35. The maximum absolute atomic E-state index is 10.5. The molecule has 0 radical (unpaired) electrons. The summed E-state index contributed by atoms with van der Waals surface area (Å²) >= 11 is 0. The molecule has 2 aromatic heterocycles. The number of rotatable bonds is 3. The number of pyridine rings is 1. The molecule has 1 aromatic carbocycles. The Kier molecular flexibility index (Phi) is 3.26. The van der Waals surface area contributed by atoms with Crippen molar-refractivity contribution in [2.75, 3.05) is 7.11 Å². The Morgan fingerprint density at radius 1 is 1.10 bits per heavy atom. The van der Waals surface area contributed by atoms with Crippen LogP contribution in [-0.2, 0) is 0 Å². The van der Waals surface area contributed by atoms with Gasteiger partial charge in [-0.3, -0.25) is 4.98 Å². The minimum Gasteiger partial charge on any atom is -0.480 e. The van der Waals surface area contributed by atoms with E-state index in [1.807, 2.05) is 24.3 Å². The Hall–Kier alpha value is -2.53. The molecule has 0 aliphatic heterocycles. The van der Waals surface area contributed by atoms with E-state index in [9.17, 15) is 5.11 Å². The fourth-order valence-electron chi connectivity index (χ4n) is 2.13. The van der Waals surface area contributed by atoms with Gasteiger partial charge in [0.1, 0.15) is 6.10 Å². The molecule has 1 atom stereocenters. The van der Waals surface area contributed by atoms with Crippen LogP contribution in [0.1, 0.15) is 17.4 Å². The Morgan fingerprint density at radius 2 is 2.00 bits per heavy atom. The molecule has 0 spiro atoms. The maximum Gasteiger partial charge on any atom is 0.233 e. The second-order valence-corrected chi connectivity index (χ2v) is 4.35. The number of fused-ring (bicyclic) bond motifs is 1. The smallest absolute Gasteiger partial charge is 0.233 e. The predicted molar refractivity (Wildman–Crippen MR) is 74.4 cm³/mol. The molecule has 3 aromatic rings. The topological polar surface area (TPSA) is 68.1 Å². The van der Waals surface area contributed by atoms with Gasteiger partial charge in [-0.05, 0) is 23.1 Å². The van der Waals surface area contributed by atoms with Crippen molar-refractivity contribution in [3.05, 3.63) is 60.0 Å². The maximum atomic E-state index is 10.5. The third-order valence-corrected chi connectivity index (χ3v) is 3.16. The Balaban J connectivity index is 2.05. The van der Waals surface area contributed by atoms with Crippen LogP contribution in [-0.4, -0.2) is 27.4 Å². The summed E-state index contributed by atoms with van der Waals surface area (Å²) in [5, 5.41) is 20.3. The first-order valence-electron chi connectivity index (χ1n) is 6.18. The van der Waals surface area contributed by atoms with Crippen LogP contribution in [0.5, 0.6) is 5.88 Å². The highest BCUT2D eigenvalue weighted by Crippen LogP contribution is 2.27.